The van der Waals surface area contributed by atoms with E-state index >= 15 is 0 Å². The number of hydrogen-bond donors (Lipinski definition) is 2. The molecule has 0 aliphatic carbocycles. The highest BCUT2D eigenvalue weighted by Crippen LogP contribution is 1.98. The lowest BCUT2D eigenvalue weighted by Crippen LogP contribution is -2.21. The van der Waals surface area contributed by atoms with Crippen molar-refractivity contribution >= 4 is 11.9 Å². The number of carboxylic acid groups (broad SMARTS) is 1. The van der Waals surface area contributed by atoms with E-state index in [2.05, 4.69) is 11.9 Å². The molecule has 0 saturated heterocycles. The van der Waals surface area contributed by atoms with E-state index in [0.717, 1.165) is 12.8 Å². The summed E-state index contributed by atoms with van der Waals surface area (Å²) >= 11 is 0. The molecule has 0 unspecified atom stereocenters. The summed E-state index contributed by atoms with van der Waals surface area (Å²) in [4.78, 5) is 21.2. The van der Waals surface area contributed by atoms with Gasteiger partial charge in [0.05, 0.1) is 0 Å². The number of carbonyl (C=O) groups excluding carboxylic acids is 1. The molecule has 0 rings (SSSR count). The summed E-state index contributed by atoms with van der Waals surface area (Å²) in [5, 5.41) is 11.1. The quantitative estimate of drug-likeness (QED) is 0.363. The molecule has 0 aromatic heterocycles. The molecule has 0 fully saturated rings. The van der Waals surface area contributed by atoms with E-state index in [-0.39, 0.29) is 12.3 Å². The average Bonchev–Trinajstić information content (AvgIpc) is 2.19. The Morgan fingerprint density at radius 3 is 2.60 bits per heavy atom. The minimum absolute atomic E-state index is 0.145. The lowest BCUT2D eigenvalue weighted by Gasteiger charge is -2.00. The van der Waals surface area contributed by atoms with Crippen molar-refractivity contribution in [3.05, 3.63) is 24.8 Å². The summed E-state index contributed by atoms with van der Waals surface area (Å²) < 4.78 is 0. The molecule has 0 bridgehead atoms. The third-order valence-corrected chi connectivity index (χ3v) is 1.75. The molecule has 0 spiro atoms. The third-order valence-electron chi connectivity index (χ3n) is 1.75. The lowest BCUT2D eigenvalue weighted by atomic mass is 10.2. The van der Waals surface area contributed by atoms with Gasteiger partial charge < -0.3 is 10.4 Å². The van der Waals surface area contributed by atoms with E-state index in [1.807, 2.05) is 0 Å². The fraction of sp³-hybridized carbons (Fsp3) is 0.455. The van der Waals surface area contributed by atoms with E-state index in [9.17, 15) is 9.59 Å². The Balaban J connectivity index is 3.31. The summed E-state index contributed by atoms with van der Waals surface area (Å²) in [6, 6.07) is 0. The maximum Gasteiger partial charge on any atom is 0.303 e. The number of allylic oxidation sites excluding steroid dienone is 2. The zero-order valence-corrected chi connectivity index (χ0v) is 8.74. The molecule has 4 nitrogen and oxygen atoms in total. The zero-order valence-electron chi connectivity index (χ0n) is 8.74. The molecule has 0 aromatic rings. The number of carbonyl (C=O) groups is 2. The number of hydrogen-bond acceptors (Lipinski definition) is 2. The standard InChI is InChI=1S/C11H17NO3/c1-2-3-7-10(13)12-9-6-4-5-8-11(14)15/h2-3,7H,1,4-6,8-9H2,(H,12,13)(H,14,15)/b7-3-. The summed E-state index contributed by atoms with van der Waals surface area (Å²) in [6.45, 7) is 4.03. The maximum absolute atomic E-state index is 11.0. The Morgan fingerprint density at radius 2 is 2.00 bits per heavy atom. The van der Waals surface area contributed by atoms with Crippen molar-refractivity contribution in [2.45, 2.75) is 25.7 Å². The van der Waals surface area contributed by atoms with Gasteiger partial charge in [-0.2, -0.15) is 0 Å². The van der Waals surface area contributed by atoms with Crippen molar-refractivity contribution in [2.24, 2.45) is 0 Å². The Morgan fingerprint density at radius 1 is 1.27 bits per heavy atom. The predicted molar refractivity (Wildman–Crippen MR) is 58.5 cm³/mol. The number of aliphatic carboxylic acids is 1. The Kier molecular flexibility index (Phi) is 8.05. The van der Waals surface area contributed by atoms with Crippen LogP contribution in [0.25, 0.3) is 0 Å². The Hall–Kier alpha value is -1.58. The van der Waals surface area contributed by atoms with Crippen LogP contribution in [0.15, 0.2) is 24.8 Å². The summed E-state index contributed by atoms with van der Waals surface area (Å²) in [6.07, 6.45) is 6.99. The van der Waals surface area contributed by atoms with Crippen molar-refractivity contribution in [3.63, 3.8) is 0 Å². The smallest absolute Gasteiger partial charge is 0.303 e. The van der Waals surface area contributed by atoms with Gasteiger partial charge in [-0.25, -0.2) is 0 Å². The van der Waals surface area contributed by atoms with Gasteiger partial charge in [0, 0.05) is 19.0 Å². The van der Waals surface area contributed by atoms with E-state index < -0.39 is 5.97 Å². The maximum atomic E-state index is 11.0. The fourth-order valence-corrected chi connectivity index (χ4v) is 1.00. The van der Waals surface area contributed by atoms with Gasteiger partial charge >= 0.3 is 5.97 Å². The number of unbranched alkanes of at least 4 members (excludes halogenated alkanes) is 2. The van der Waals surface area contributed by atoms with Crippen LogP contribution in [0.2, 0.25) is 0 Å². The molecule has 0 saturated carbocycles. The SMILES string of the molecule is C=C/C=C\C(=O)NCCCCCC(=O)O. The van der Waals surface area contributed by atoms with Crippen LogP contribution in [0, 0.1) is 0 Å². The van der Waals surface area contributed by atoms with Gasteiger partial charge in [0.2, 0.25) is 5.91 Å². The van der Waals surface area contributed by atoms with Crippen LogP contribution in [0.3, 0.4) is 0 Å². The molecule has 4 heteroatoms. The third kappa shape index (κ3) is 10.3. The van der Waals surface area contributed by atoms with Gasteiger partial charge in [0.25, 0.3) is 0 Å². The fourth-order valence-electron chi connectivity index (χ4n) is 1.00. The molecule has 0 atom stereocenters. The topological polar surface area (TPSA) is 66.4 Å². The van der Waals surface area contributed by atoms with Crippen LogP contribution >= 0.6 is 0 Å². The molecule has 2 N–H and O–H groups in total. The first kappa shape index (κ1) is 13.4. The van der Waals surface area contributed by atoms with Crippen LogP contribution in [-0.4, -0.2) is 23.5 Å². The van der Waals surface area contributed by atoms with Gasteiger partial charge in [-0.15, -0.1) is 0 Å². The van der Waals surface area contributed by atoms with Gasteiger partial charge in [-0.1, -0.05) is 25.2 Å². The Bertz CT molecular complexity index is 246. The van der Waals surface area contributed by atoms with E-state index in [1.165, 1.54) is 12.2 Å². The van der Waals surface area contributed by atoms with Crippen molar-refractivity contribution in [2.75, 3.05) is 6.54 Å². The lowest BCUT2D eigenvalue weighted by molar-refractivity contribution is -0.137. The minimum atomic E-state index is -0.770. The first-order chi connectivity index (χ1) is 7.16. The first-order valence-electron chi connectivity index (χ1n) is 4.95. The van der Waals surface area contributed by atoms with Crippen LogP contribution in [0.1, 0.15) is 25.7 Å². The van der Waals surface area contributed by atoms with Gasteiger partial charge in [-0.05, 0) is 12.8 Å². The monoisotopic (exact) mass is 211 g/mol. The van der Waals surface area contributed by atoms with Crippen molar-refractivity contribution in [1.29, 1.82) is 0 Å². The predicted octanol–water partition coefficient (Wildman–Crippen LogP) is 1.49. The second kappa shape index (κ2) is 8.99. The van der Waals surface area contributed by atoms with Crippen molar-refractivity contribution < 1.29 is 14.7 Å². The van der Waals surface area contributed by atoms with Crippen LogP contribution in [-0.2, 0) is 9.59 Å². The number of carboxylic acids is 1. The normalized spacial score (nSPS) is 10.1. The van der Waals surface area contributed by atoms with Gasteiger partial charge in [0.15, 0.2) is 0 Å². The van der Waals surface area contributed by atoms with Crippen LogP contribution in [0.4, 0.5) is 0 Å². The number of nitrogens with one attached hydrogen (secondary N) is 1. The number of rotatable bonds is 8. The largest absolute Gasteiger partial charge is 0.481 e. The molecule has 1 amide bonds. The molecular weight excluding hydrogens is 194 g/mol. The molecule has 0 aromatic carbocycles. The van der Waals surface area contributed by atoms with Gasteiger partial charge in [0.1, 0.15) is 0 Å². The second-order valence-corrected chi connectivity index (χ2v) is 3.09. The molecule has 0 aliphatic rings. The molecule has 84 valence electrons. The highest BCUT2D eigenvalue weighted by molar-refractivity contribution is 5.87. The van der Waals surface area contributed by atoms with E-state index in [1.54, 1.807) is 6.08 Å². The molecular formula is C11H17NO3. The molecule has 0 heterocycles. The summed E-state index contributed by atoms with van der Waals surface area (Å²) in [5.41, 5.74) is 0. The Labute approximate surface area is 89.7 Å². The molecule has 0 radical (unpaired) electrons. The average molecular weight is 211 g/mol. The van der Waals surface area contributed by atoms with E-state index in [0.29, 0.717) is 13.0 Å². The molecule has 15 heavy (non-hydrogen) atoms. The highest BCUT2D eigenvalue weighted by Gasteiger charge is 1.97. The summed E-state index contributed by atoms with van der Waals surface area (Å²) in [7, 11) is 0. The number of amides is 1. The summed E-state index contributed by atoms with van der Waals surface area (Å²) in [5.74, 6) is -0.916. The molecule has 0 aliphatic heterocycles. The van der Waals surface area contributed by atoms with Crippen molar-refractivity contribution in [3.8, 4) is 0 Å². The van der Waals surface area contributed by atoms with Crippen LogP contribution < -0.4 is 5.32 Å². The first-order valence-corrected chi connectivity index (χ1v) is 4.95. The minimum Gasteiger partial charge on any atom is -0.481 e. The van der Waals surface area contributed by atoms with Crippen molar-refractivity contribution in [1.82, 2.24) is 5.32 Å². The van der Waals surface area contributed by atoms with Gasteiger partial charge in [-0.3, -0.25) is 9.59 Å². The second-order valence-electron chi connectivity index (χ2n) is 3.09. The zero-order chi connectivity index (χ0) is 11.5. The highest BCUT2D eigenvalue weighted by atomic mass is 16.4. The van der Waals surface area contributed by atoms with E-state index in [4.69, 9.17) is 5.11 Å². The van der Waals surface area contributed by atoms with Crippen LogP contribution in [0.5, 0.6) is 0 Å².